The molecule has 12 heteroatoms. The van der Waals surface area contributed by atoms with Gasteiger partial charge in [-0.15, -0.1) is 0 Å². The van der Waals surface area contributed by atoms with Crippen LogP contribution in [0.3, 0.4) is 0 Å². The van der Waals surface area contributed by atoms with Gasteiger partial charge in [0.25, 0.3) is 0 Å². The predicted molar refractivity (Wildman–Crippen MR) is 99.3 cm³/mol. The summed E-state index contributed by atoms with van der Waals surface area (Å²) < 4.78 is 49.2. The average molecular weight is 442 g/mol. The van der Waals surface area contributed by atoms with E-state index in [9.17, 15) is 22.8 Å². The second kappa shape index (κ2) is 8.78. The largest absolute Gasteiger partial charge is 0.464 e. The molecule has 0 aliphatic carbocycles. The summed E-state index contributed by atoms with van der Waals surface area (Å²) in [5.41, 5.74) is -0.828. The molecule has 2 aromatic rings. The molecule has 0 radical (unpaired) electrons. The molecule has 1 aliphatic rings. The molecular formula is C18H17F3N4O4S. The van der Waals surface area contributed by atoms with Gasteiger partial charge >= 0.3 is 18.2 Å². The van der Waals surface area contributed by atoms with Gasteiger partial charge < -0.3 is 19.8 Å². The van der Waals surface area contributed by atoms with Crippen molar-refractivity contribution in [2.75, 3.05) is 12.4 Å². The summed E-state index contributed by atoms with van der Waals surface area (Å²) in [6.07, 6.45) is -3.62. The fraction of sp³-hybridized carbons (Fsp3) is 0.333. The van der Waals surface area contributed by atoms with Gasteiger partial charge in [0.05, 0.1) is 12.2 Å². The Balaban J connectivity index is 1.93. The number of furan rings is 1. The van der Waals surface area contributed by atoms with Gasteiger partial charge in [0, 0.05) is 17.6 Å². The van der Waals surface area contributed by atoms with E-state index in [1.807, 2.05) is 0 Å². The Kier molecular flexibility index (Phi) is 6.34. The zero-order chi connectivity index (χ0) is 21.9. The van der Waals surface area contributed by atoms with Gasteiger partial charge in [-0.1, -0.05) is 11.8 Å². The first kappa shape index (κ1) is 21.7. The maximum absolute atomic E-state index is 12.9. The molecule has 0 saturated carbocycles. The molecule has 1 unspecified atom stereocenters. The molecule has 30 heavy (non-hydrogen) atoms. The van der Waals surface area contributed by atoms with Gasteiger partial charge in [-0.25, -0.2) is 19.6 Å². The number of aromatic nitrogens is 2. The third-order valence-corrected chi connectivity index (χ3v) is 4.85. The second-order valence-corrected chi connectivity index (χ2v) is 7.05. The number of ether oxygens (including phenoxy) is 1. The Labute approximate surface area is 173 Å². The van der Waals surface area contributed by atoms with Crippen molar-refractivity contribution in [2.45, 2.75) is 31.2 Å². The Hall–Kier alpha value is -3.02. The highest BCUT2D eigenvalue weighted by Crippen LogP contribution is 2.32. The van der Waals surface area contributed by atoms with E-state index in [1.165, 1.54) is 0 Å². The number of hydrogen-bond donors (Lipinski definition) is 2. The maximum atomic E-state index is 12.9. The van der Waals surface area contributed by atoms with Crippen LogP contribution in [0.15, 0.2) is 45.2 Å². The van der Waals surface area contributed by atoms with Crippen LogP contribution in [0, 0.1) is 6.92 Å². The van der Waals surface area contributed by atoms with Crippen molar-refractivity contribution in [3.63, 3.8) is 0 Å². The van der Waals surface area contributed by atoms with Crippen LogP contribution in [-0.4, -0.2) is 34.3 Å². The first-order chi connectivity index (χ1) is 14.2. The molecule has 0 aromatic carbocycles. The third kappa shape index (κ3) is 4.93. The summed E-state index contributed by atoms with van der Waals surface area (Å²) in [5, 5.41) is 4.96. The lowest BCUT2D eigenvalue weighted by atomic mass is 10.0. The standard InChI is InChI=1S/C18H17F3N4O4S/c1-3-28-15(26)13-10(8-30-17-22-7-6-12(24-17)18(19,20)21)23-16(27)25-14(13)11-5-4-9(2)29-11/h4-7,14H,3,8H2,1-2H3,(H2,23,25,27). The number of aryl methyl sites for hydroxylation is 1. The van der Waals surface area contributed by atoms with E-state index in [2.05, 4.69) is 20.6 Å². The fourth-order valence-electron chi connectivity index (χ4n) is 2.71. The lowest BCUT2D eigenvalue weighted by molar-refractivity contribution is -0.141. The predicted octanol–water partition coefficient (Wildman–Crippen LogP) is 3.36. The first-order valence-electron chi connectivity index (χ1n) is 8.76. The van der Waals surface area contributed by atoms with Crippen LogP contribution < -0.4 is 10.6 Å². The van der Waals surface area contributed by atoms with Gasteiger partial charge in [0.15, 0.2) is 5.16 Å². The Morgan fingerprint density at radius 2 is 2.10 bits per heavy atom. The molecule has 3 rings (SSSR count). The number of thioether (sulfide) groups is 1. The van der Waals surface area contributed by atoms with Gasteiger partial charge in [-0.05, 0) is 32.0 Å². The minimum atomic E-state index is -4.61. The lowest BCUT2D eigenvalue weighted by Gasteiger charge is -2.27. The smallest absolute Gasteiger partial charge is 0.433 e. The summed E-state index contributed by atoms with van der Waals surface area (Å²) >= 11 is 0.840. The second-order valence-electron chi connectivity index (χ2n) is 6.10. The summed E-state index contributed by atoms with van der Waals surface area (Å²) in [4.78, 5) is 32.0. The molecule has 8 nitrogen and oxygen atoms in total. The van der Waals surface area contributed by atoms with Crippen LogP contribution in [0.25, 0.3) is 0 Å². The number of nitrogens with one attached hydrogen (secondary N) is 2. The quantitative estimate of drug-likeness (QED) is 0.401. The molecule has 0 bridgehead atoms. The highest BCUT2D eigenvalue weighted by atomic mass is 32.2. The summed E-state index contributed by atoms with van der Waals surface area (Å²) in [6, 6.07) is 2.55. The van der Waals surface area contributed by atoms with Crippen LogP contribution in [0.4, 0.5) is 18.0 Å². The molecule has 1 atom stereocenters. The molecule has 0 saturated heterocycles. The highest BCUT2D eigenvalue weighted by molar-refractivity contribution is 7.99. The number of carbonyl (C=O) groups is 2. The van der Waals surface area contributed by atoms with Crippen LogP contribution in [0.1, 0.15) is 30.2 Å². The van der Waals surface area contributed by atoms with Gasteiger partial charge in [-0.3, -0.25) is 0 Å². The van der Waals surface area contributed by atoms with Gasteiger partial charge in [-0.2, -0.15) is 13.2 Å². The number of carbonyl (C=O) groups excluding carboxylic acids is 2. The van der Waals surface area contributed by atoms with E-state index in [1.54, 1.807) is 26.0 Å². The minimum Gasteiger partial charge on any atom is -0.464 e. The van der Waals surface area contributed by atoms with Crippen LogP contribution >= 0.6 is 11.8 Å². The van der Waals surface area contributed by atoms with E-state index in [-0.39, 0.29) is 28.8 Å². The fourth-order valence-corrected chi connectivity index (χ4v) is 3.51. The minimum absolute atomic E-state index is 0.0704. The number of rotatable bonds is 6. The summed E-state index contributed by atoms with van der Waals surface area (Å²) in [7, 11) is 0. The van der Waals surface area contributed by atoms with Crippen molar-refractivity contribution >= 4 is 23.8 Å². The molecule has 2 aromatic heterocycles. The first-order valence-corrected chi connectivity index (χ1v) is 9.74. The van der Waals surface area contributed by atoms with E-state index in [0.29, 0.717) is 11.5 Å². The number of halogens is 3. The normalized spacial score (nSPS) is 16.8. The molecule has 2 amide bonds. The number of amides is 2. The van der Waals surface area contributed by atoms with E-state index < -0.39 is 29.9 Å². The van der Waals surface area contributed by atoms with Crippen LogP contribution in [0.2, 0.25) is 0 Å². The average Bonchev–Trinajstić information content (AvgIpc) is 3.12. The number of nitrogens with zero attached hydrogens (tertiary/aromatic N) is 2. The van der Waals surface area contributed by atoms with Crippen LogP contribution in [0.5, 0.6) is 0 Å². The van der Waals surface area contributed by atoms with Crippen molar-refractivity contribution in [1.29, 1.82) is 0 Å². The van der Waals surface area contributed by atoms with Gasteiger partial charge in [0.1, 0.15) is 23.3 Å². The molecule has 0 fully saturated rings. The lowest BCUT2D eigenvalue weighted by Crippen LogP contribution is -2.46. The van der Waals surface area contributed by atoms with Crippen molar-refractivity contribution in [3.05, 3.63) is 52.9 Å². The number of esters is 1. The van der Waals surface area contributed by atoms with E-state index >= 15 is 0 Å². The van der Waals surface area contributed by atoms with Gasteiger partial charge in [0.2, 0.25) is 0 Å². The number of alkyl halides is 3. The Morgan fingerprint density at radius 3 is 2.73 bits per heavy atom. The van der Waals surface area contributed by atoms with Crippen molar-refractivity contribution in [1.82, 2.24) is 20.6 Å². The molecule has 0 spiro atoms. The number of urea groups is 1. The molecule has 160 valence electrons. The molecular weight excluding hydrogens is 425 g/mol. The van der Waals surface area contributed by atoms with Crippen molar-refractivity contribution in [3.8, 4) is 0 Å². The van der Waals surface area contributed by atoms with Crippen molar-refractivity contribution in [2.24, 2.45) is 0 Å². The zero-order valence-corrected chi connectivity index (χ0v) is 16.7. The summed E-state index contributed by atoms with van der Waals surface area (Å²) in [6.45, 7) is 3.43. The number of hydrogen-bond acceptors (Lipinski definition) is 7. The molecule has 3 heterocycles. The molecule has 2 N–H and O–H groups in total. The Bertz CT molecular complexity index is 990. The maximum Gasteiger partial charge on any atom is 0.433 e. The van der Waals surface area contributed by atoms with E-state index in [4.69, 9.17) is 9.15 Å². The topological polar surface area (TPSA) is 106 Å². The van der Waals surface area contributed by atoms with Crippen molar-refractivity contribution < 1.29 is 31.9 Å². The third-order valence-electron chi connectivity index (χ3n) is 3.96. The van der Waals surface area contributed by atoms with Crippen LogP contribution in [-0.2, 0) is 15.7 Å². The summed E-state index contributed by atoms with van der Waals surface area (Å²) in [5.74, 6) is 0.140. The SMILES string of the molecule is CCOC(=O)C1=C(CSc2nccc(C(F)(F)F)n2)NC(=O)NC1c1ccc(C)o1. The zero-order valence-electron chi connectivity index (χ0n) is 15.9. The highest BCUT2D eigenvalue weighted by Gasteiger charge is 2.36. The monoisotopic (exact) mass is 442 g/mol. The van der Waals surface area contributed by atoms with E-state index in [0.717, 1.165) is 24.0 Å². The molecule has 1 aliphatic heterocycles. The Morgan fingerprint density at radius 1 is 1.33 bits per heavy atom.